The van der Waals surface area contributed by atoms with Gasteiger partial charge in [0.2, 0.25) is 0 Å². The molecule has 1 saturated carbocycles. The first-order valence-electron chi connectivity index (χ1n) is 7.86. The van der Waals surface area contributed by atoms with Gasteiger partial charge in [0.05, 0.1) is 12.3 Å². The van der Waals surface area contributed by atoms with Gasteiger partial charge in [-0.15, -0.1) is 11.3 Å². The summed E-state index contributed by atoms with van der Waals surface area (Å²) in [4.78, 5) is 8.83. The standard InChI is InChI=1S/C15H25N3OS/c1-3-16-9-13-14(11-5-6-11)17-15(20-13)12-10-18(4-2)7-8-19-12/h11-12,16H,3-10H2,1-2H3. The lowest BCUT2D eigenvalue weighted by Crippen LogP contribution is -2.38. The molecule has 0 aromatic carbocycles. The van der Waals surface area contributed by atoms with Gasteiger partial charge in [0, 0.05) is 30.4 Å². The molecule has 5 heteroatoms. The maximum Gasteiger partial charge on any atom is 0.123 e. The van der Waals surface area contributed by atoms with Crippen LogP contribution in [0.1, 0.15) is 54.3 Å². The fraction of sp³-hybridized carbons (Fsp3) is 0.800. The summed E-state index contributed by atoms with van der Waals surface area (Å²) in [6, 6.07) is 0. The molecule has 1 aliphatic carbocycles. The molecule has 1 N–H and O–H groups in total. The molecular weight excluding hydrogens is 270 g/mol. The van der Waals surface area contributed by atoms with E-state index in [1.54, 1.807) is 0 Å². The molecule has 1 aromatic rings. The van der Waals surface area contributed by atoms with Crippen molar-refractivity contribution in [3.63, 3.8) is 0 Å². The van der Waals surface area contributed by atoms with Crippen LogP contribution in [0.3, 0.4) is 0 Å². The Kier molecular flexibility index (Phi) is 4.71. The quantitative estimate of drug-likeness (QED) is 0.875. The third kappa shape index (κ3) is 3.22. The molecule has 20 heavy (non-hydrogen) atoms. The summed E-state index contributed by atoms with van der Waals surface area (Å²) in [6.45, 7) is 10.3. The number of morpholine rings is 1. The first-order chi connectivity index (χ1) is 9.81. The van der Waals surface area contributed by atoms with Gasteiger partial charge in [0.15, 0.2) is 0 Å². The molecule has 1 atom stereocenters. The molecule has 0 bridgehead atoms. The van der Waals surface area contributed by atoms with Gasteiger partial charge in [-0.05, 0) is 25.9 Å². The molecule has 0 spiro atoms. The number of nitrogens with one attached hydrogen (secondary N) is 1. The predicted molar refractivity (Wildman–Crippen MR) is 82.3 cm³/mol. The Morgan fingerprint density at radius 3 is 2.95 bits per heavy atom. The Hall–Kier alpha value is -0.490. The van der Waals surface area contributed by atoms with Gasteiger partial charge in [-0.2, -0.15) is 0 Å². The molecule has 3 rings (SSSR count). The maximum atomic E-state index is 5.95. The fourth-order valence-electron chi connectivity index (χ4n) is 2.70. The second kappa shape index (κ2) is 6.52. The van der Waals surface area contributed by atoms with Gasteiger partial charge in [-0.25, -0.2) is 4.98 Å². The number of hydrogen-bond acceptors (Lipinski definition) is 5. The van der Waals surface area contributed by atoms with Crippen molar-refractivity contribution >= 4 is 11.3 Å². The van der Waals surface area contributed by atoms with Crippen LogP contribution in [0.25, 0.3) is 0 Å². The third-order valence-corrected chi connectivity index (χ3v) is 5.28. The molecule has 1 aliphatic heterocycles. The summed E-state index contributed by atoms with van der Waals surface area (Å²) in [5.74, 6) is 0.722. The van der Waals surface area contributed by atoms with Crippen molar-refractivity contribution in [3.05, 3.63) is 15.6 Å². The molecular formula is C15H25N3OS. The first-order valence-corrected chi connectivity index (χ1v) is 8.67. The van der Waals surface area contributed by atoms with Crippen molar-refractivity contribution < 1.29 is 4.74 Å². The van der Waals surface area contributed by atoms with Crippen molar-refractivity contribution in [2.45, 2.75) is 45.3 Å². The average molecular weight is 295 g/mol. The molecule has 2 aliphatic rings. The lowest BCUT2D eigenvalue weighted by molar-refractivity contribution is -0.0283. The van der Waals surface area contributed by atoms with Crippen LogP contribution in [0.2, 0.25) is 0 Å². The van der Waals surface area contributed by atoms with Crippen LogP contribution in [0.15, 0.2) is 0 Å². The zero-order chi connectivity index (χ0) is 13.9. The Bertz CT molecular complexity index is 444. The highest BCUT2D eigenvalue weighted by Gasteiger charge is 2.32. The van der Waals surface area contributed by atoms with Crippen molar-refractivity contribution in [1.29, 1.82) is 0 Å². The van der Waals surface area contributed by atoms with Crippen LogP contribution in [0, 0.1) is 0 Å². The highest BCUT2D eigenvalue weighted by atomic mass is 32.1. The SMILES string of the molecule is CCNCc1sc(C2CN(CC)CCO2)nc1C1CC1. The molecule has 2 fully saturated rings. The molecule has 1 aromatic heterocycles. The van der Waals surface area contributed by atoms with Crippen molar-refractivity contribution in [3.8, 4) is 0 Å². The largest absolute Gasteiger partial charge is 0.368 e. The minimum atomic E-state index is 0.182. The van der Waals surface area contributed by atoms with Crippen molar-refractivity contribution in [2.24, 2.45) is 0 Å². The second-order valence-electron chi connectivity index (χ2n) is 5.67. The van der Waals surface area contributed by atoms with E-state index >= 15 is 0 Å². The van der Waals surface area contributed by atoms with Gasteiger partial charge < -0.3 is 10.1 Å². The van der Waals surface area contributed by atoms with Crippen LogP contribution in [-0.4, -0.2) is 42.7 Å². The van der Waals surface area contributed by atoms with E-state index in [0.29, 0.717) is 0 Å². The summed E-state index contributed by atoms with van der Waals surface area (Å²) in [7, 11) is 0. The monoisotopic (exact) mass is 295 g/mol. The van der Waals surface area contributed by atoms with Crippen molar-refractivity contribution in [2.75, 3.05) is 32.8 Å². The Morgan fingerprint density at radius 1 is 1.40 bits per heavy atom. The lowest BCUT2D eigenvalue weighted by atomic mass is 10.2. The summed E-state index contributed by atoms with van der Waals surface area (Å²) in [5.41, 5.74) is 1.35. The van der Waals surface area contributed by atoms with Gasteiger partial charge >= 0.3 is 0 Å². The number of rotatable bonds is 6. The molecule has 2 heterocycles. The first kappa shape index (κ1) is 14.4. The van der Waals surface area contributed by atoms with Crippen LogP contribution >= 0.6 is 11.3 Å². The van der Waals surface area contributed by atoms with Gasteiger partial charge in [-0.1, -0.05) is 13.8 Å². The van der Waals surface area contributed by atoms with Crippen LogP contribution in [0.5, 0.6) is 0 Å². The Balaban J connectivity index is 1.75. The number of thiazole rings is 1. The van der Waals surface area contributed by atoms with Crippen molar-refractivity contribution in [1.82, 2.24) is 15.2 Å². The number of hydrogen-bond donors (Lipinski definition) is 1. The second-order valence-corrected chi connectivity index (χ2v) is 6.78. The van der Waals surface area contributed by atoms with Crippen LogP contribution in [0.4, 0.5) is 0 Å². The zero-order valence-electron chi connectivity index (χ0n) is 12.5. The van der Waals surface area contributed by atoms with E-state index in [1.165, 1.54) is 28.4 Å². The van der Waals surface area contributed by atoms with E-state index in [0.717, 1.165) is 45.2 Å². The maximum absolute atomic E-state index is 5.95. The molecule has 4 nitrogen and oxygen atoms in total. The van der Waals surface area contributed by atoms with E-state index < -0.39 is 0 Å². The van der Waals surface area contributed by atoms with E-state index in [-0.39, 0.29) is 6.10 Å². The Labute approximate surface area is 125 Å². The number of nitrogens with zero attached hydrogens (tertiary/aromatic N) is 2. The highest BCUT2D eigenvalue weighted by Crippen LogP contribution is 2.43. The average Bonchev–Trinajstić information content (AvgIpc) is 3.25. The summed E-state index contributed by atoms with van der Waals surface area (Å²) >= 11 is 1.86. The number of ether oxygens (including phenoxy) is 1. The summed E-state index contributed by atoms with van der Waals surface area (Å²) < 4.78 is 5.95. The lowest BCUT2D eigenvalue weighted by Gasteiger charge is -2.30. The summed E-state index contributed by atoms with van der Waals surface area (Å²) in [6.07, 6.45) is 2.81. The third-order valence-electron chi connectivity index (χ3n) is 4.12. The van der Waals surface area contributed by atoms with E-state index in [9.17, 15) is 0 Å². The molecule has 0 amide bonds. The minimum Gasteiger partial charge on any atom is -0.368 e. The van der Waals surface area contributed by atoms with Crippen LogP contribution < -0.4 is 5.32 Å². The normalized spacial score (nSPS) is 24.2. The highest BCUT2D eigenvalue weighted by molar-refractivity contribution is 7.11. The molecule has 0 radical (unpaired) electrons. The zero-order valence-corrected chi connectivity index (χ0v) is 13.3. The molecule has 1 unspecified atom stereocenters. The van der Waals surface area contributed by atoms with Gasteiger partial charge in [-0.3, -0.25) is 4.90 Å². The van der Waals surface area contributed by atoms with Crippen LogP contribution in [-0.2, 0) is 11.3 Å². The topological polar surface area (TPSA) is 37.4 Å². The van der Waals surface area contributed by atoms with E-state index in [4.69, 9.17) is 9.72 Å². The Morgan fingerprint density at radius 2 is 2.25 bits per heavy atom. The summed E-state index contributed by atoms with van der Waals surface area (Å²) in [5, 5.41) is 4.64. The van der Waals surface area contributed by atoms with Gasteiger partial charge in [0.25, 0.3) is 0 Å². The molecule has 1 saturated heterocycles. The van der Waals surface area contributed by atoms with E-state index in [1.807, 2.05) is 11.3 Å². The number of likely N-dealkylation sites (N-methyl/N-ethyl adjacent to an activating group) is 1. The predicted octanol–water partition coefficient (Wildman–Crippen LogP) is 2.52. The minimum absolute atomic E-state index is 0.182. The smallest absolute Gasteiger partial charge is 0.123 e. The molecule has 112 valence electrons. The number of aromatic nitrogens is 1. The van der Waals surface area contributed by atoms with Gasteiger partial charge in [0.1, 0.15) is 11.1 Å². The fourth-order valence-corrected chi connectivity index (χ4v) is 3.86. The van der Waals surface area contributed by atoms with E-state index in [2.05, 4.69) is 24.1 Å².